The van der Waals surface area contributed by atoms with Crippen molar-refractivity contribution in [2.24, 2.45) is 0 Å². The maximum atomic E-state index is 12.0. The molecule has 134 valence electrons. The molecule has 0 saturated carbocycles. The average Bonchev–Trinajstić information content (AvgIpc) is 2.66. The second-order valence-electron chi connectivity index (χ2n) is 5.92. The predicted molar refractivity (Wildman–Crippen MR) is 101 cm³/mol. The minimum atomic E-state index is -0.0634. The minimum Gasteiger partial charge on any atom is -0.497 e. The number of pyridine rings is 1. The molecule has 1 heterocycles. The van der Waals surface area contributed by atoms with E-state index in [1.807, 2.05) is 24.3 Å². The van der Waals surface area contributed by atoms with Crippen molar-refractivity contribution in [3.8, 4) is 5.75 Å². The third-order valence-electron chi connectivity index (χ3n) is 3.95. The number of methoxy groups -OCH3 is 1. The van der Waals surface area contributed by atoms with Gasteiger partial charge in [0.15, 0.2) is 0 Å². The lowest BCUT2D eigenvalue weighted by atomic mass is 10.1. The van der Waals surface area contributed by atoms with Gasteiger partial charge in [0.1, 0.15) is 11.6 Å². The molecule has 5 heteroatoms. The van der Waals surface area contributed by atoms with Crippen LogP contribution in [0.15, 0.2) is 42.6 Å². The van der Waals surface area contributed by atoms with Crippen LogP contribution in [0.2, 0.25) is 0 Å². The van der Waals surface area contributed by atoms with Gasteiger partial charge >= 0.3 is 0 Å². The number of carbonyl (C=O) groups is 1. The minimum absolute atomic E-state index is 0.0634. The Kier molecular flexibility index (Phi) is 7.76. The molecule has 0 saturated heterocycles. The number of anilines is 1. The summed E-state index contributed by atoms with van der Waals surface area (Å²) >= 11 is 0. The lowest BCUT2D eigenvalue weighted by Gasteiger charge is -2.08. The van der Waals surface area contributed by atoms with Crippen molar-refractivity contribution in [2.45, 2.75) is 32.6 Å². The van der Waals surface area contributed by atoms with E-state index in [2.05, 4.69) is 28.6 Å². The molecular formula is C20H27N3O2. The van der Waals surface area contributed by atoms with E-state index in [0.717, 1.165) is 43.8 Å². The summed E-state index contributed by atoms with van der Waals surface area (Å²) in [5.74, 6) is 1.57. The molecule has 0 bridgehead atoms. The number of unbranched alkanes of at least 4 members (excludes halogenated alkanes) is 2. The first-order valence-electron chi connectivity index (χ1n) is 8.84. The fourth-order valence-electron chi connectivity index (χ4n) is 2.47. The van der Waals surface area contributed by atoms with Crippen LogP contribution in [0.3, 0.4) is 0 Å². The van der Waals surface area contributed by atoms with Gasteiger partial charge in [0.2, 0.25) is 0 Å². The van der Waals surface area contributed by atoms with Gasteiger partial charge in [-0.25, -0.2) is 4.98 Å². The Morgan fingerprint density at radius 1 is 1.16 bits per heavy atom. The van der Waals surface area contributed by atoms with Crippen molar-refractivity contribution in [1.29, 1.82) is 0 Å². The molecule has 0 radical (unpaired) electrons. The maximum absolute atomic E-state index is 12.0. The molecule has 0 aliphatic rings. The van der Waals surface area contributed by atoms with E-state index in [0.29, 0.717) is 12.1 Å². The van der Waals surface area contributed by atoms with E-state index in [-0.39, 0.29) is 5.91 Å². The number of hydrogen-bond donors (Lipinski definition) is 2. The SMILES string of the molecule is CCCCCNC(=O)c1ccc(NCCc2cccc(OC)c2)nc1. The molecule has 2 aromatic rings. The van der Waals surface area contributed by atoms with Crippen LogP contribution in [-0.4, -0.2) is 31.1 Å². The third-order valence-corrected chi connectivity index (χ3v) is 3.95. The van der Waals surface area contributed by atoms with Crippen LogP contribution in [0, 0.1) is 0 Å². The van der Waals surface area contributed by atoms with Gasteiger partial charge in [-0.3, -0.25) is 4.79 Å². The molecule has 1 amide bonds. The summed E-state index contributed by atoms with van der Waals surface area (Å²) in [6.07, 6.45) is 5.78. The predicted octanol–water partition coefficient (Wildman–Crippen LogP) is 3.66. The number of carbonyl (C=O) groups excluding carboxylic acids is 1. The summed E-state index contributed by atoms with van der Waals surface area (Å²) in [4.78, 5) is 16.3. The zero-order chi connectivity index (χ0) is 17.9. The first-order valence-corrected chi connectivity index (χ1v) is 8.84. The largest absolute Gasteiger partial charge is 0.497 e. The quantitative estimate of drug-likeness (QED) is 0.647. The molecule has 2 N–H and O–H groups in total. The average molecular weight is 341 g/mol. The Morgan fingerprint density at radius 2 is 2.04 bits per heavy atom. The number of ether oxygens (including phenoxy) is 1. The number of amides is 1. The van der Waals surface area contributed by atoms with Gasteiger partial charge in [-0.1, -0.05) is 31.9 Å². The summed E-state index contributed by atoms with van der Waals surface area (Å²) in [6, 6.07) is 11.7. The van der Waals surface area contributed by atoms with Crippen molar-refractivity contribution in [3.63, 3.8) is 0 Å². The number of benzene rings is 1. The Morgan fingerprint density at radius 3 is 2.76 bits per heavy atom. The Labute approximate surface area is 149 Å². The highest BCUT2D eigenvalue weighted by Gasteiger charge is 2.05. The number of aromatic nitrogens is 1. The normalized spacial score (nSPS) is 10.3. The molecule has 1 aromatic carbocycles. The van der Waals surface area contributed by atoms with E-state index < -0.39 is 0 Å². The van der Waals surface area contributed by atoms with Crippen LogP contribution < -0.4 is 15.4 Å². The van der Waals surface area contributed by atoms with Crippen LogP contribution in [0.25, 0.3) is 0 Å². The van der Waals surface area contributed by atoms with Gasteiger partial charge in [-0.2, -0.15) is 0 Å². The lowest BCUT2D eigenvalue weighted by molar-refractivity contribution is 0.0952. The van der Waals surface area contributed by atoms with Crippen LogP contribution in [-0.2, 0) is 6.42 Å². The molecule has 0 spiro atoms. The molecule has 5 nitrogen and oxygen atoms in total. The van der Waals surface area contributed by atoms with Gasteiger partial charge < -0.3 is 15.4 Å². The van der Waals surface area contributed by atoms with E-state index in [9.17, 15) is 4.79 Å². The smallest absolute Gasteiger partial charge is 0.252 e. The highest BCUT2D eigenvalue weighted by atomic mass is 16.5. The standard InChI is InChI=1S/C20H27N3O2/c1-3-4-5-12-22-20(24)17-9-10-19(23-15-17)21-13-11-16-7-6-8-18(14-16)25-2/h6-10,14-15H,3-5,11-13H2,1-2H3,(H,21,23)(H,22,24). The Hall–Kier alpha value is -2.56. The summed E-state index contributed by atoms with van der Waals surface area (Å²) in [5, 5.41) is 6.19. The highest BCUT2D eigenvalue weighted by Crippen LogP contribution is 2.13. The zero-order valence-electron chi connectivity index (χ0n) is 15.0. The molecular weight excluding hydrogens is 314 g/mol. The van der Waals surface area contributed by atoms with E-state index in [1.165, 1.54) is 5.56 Å². The van der Waals surface area contributed by atoms with Crippen molar-refractivity contribution in [1.82, 2.24) is 10.3 Å². The van der Waals surface area contributed by atoms with Gasteiger partial charge in [0.25, 0.3) is 5.91 Å². The van der Waals surface area contributed by atoms with Gasteiger partial charge in [0, 0.05) is 19.3 Å². The van der Waals surface area contributed by atoms with Crippen LogP contribution >= 0.6 is 0 Å². The van der Waals surface area contributed by atoms with Crippen LogP contribution in [0.1, 0.15) is 42.1 Å². The summed E-state index contributed by atoms with van der Waals surface area (Å²) < 4.78 is 5.23. The third kappa shape index (κ3) is 6.45. The van der Waals surface area contributed by atoms with E-state index >= 15 is 0 Å². The maximum Gasteiger partial charge on any atom is 0.252 e. The summed E-state index contributed by atoms with van der Waals surface area (Å²) in [7, 11) is 1.67. The number of nitrogens with zero attached hydrogens (tertiary/aromatic N) is 1. The monoisotopic (exact) mass is 341 g/mol. The number of nitrogens with one attached hydrogen (secondary N) is 2. The fourth-order valence-corrected chi connectivity index (χ4v) is 2.47. The van der Waals surface area contributed by atoms with Gasteiger partial charge in [0.05, 0.1) is 12.7 Å². The van der Waals surface area contributed by atoms with Crippen molar-refractivity contribution < 1.29 is 9.53 Å². The molecule has 1 aromatic heterocycles. The fraction of sp³-hybridized carbons (Fsp3) is 0.400. The van der Waals surface area contributed by atoms with Crippen LogP contribution in [0.5, 0.6) is 5.75 Å². The van der Waals surface area contributed by atoms with Gasteiger partial charge in [-0.15, -0.1) is 0 Å². The second-order valence-corrected chi connectivity index (χ2v) is 5.92. The molecule has 0 aliphatic heterocycles. The zero-order valence-corrected chi connectivity index (χ0v) is 15.0. The van der Waals surface area contributed by atoms with Gasteiger partial charge in [-0.05, 0) is 42.7 Å². The topological polar surface area (TPSA) is 63.2 Å². The molecule has 0 fully saturated rings. The molecule has 25 heavy (non-hydrogen) atoms. The van der Waals surface area contributed by atoms with Crippen LogP contribution in [0.4, 0.5) is 5.82 Å². The molecule has 0 atom stereocenters. The highest BCUT2D eigenvalue weighted by molar-refractivity contribution is 5.94. The molecule has 0 unspecified atom stereocenters. The summed E-state index contributed by atoms with van der Waals surface area (Å²) in [6.45, 7) is 3.63. The lowest BCUT2D eigenvalue weighted by Crippen LogP contribution is -2.24. The number of rotatable bonds is 10. The first-order chi connectivity index (χ1) is 12.2. The van der Waals surface area contributed by atoms with Crippen molar-refractivity contribution in [3.05, 3.63) is 53.7 Å². The molecule has 0 aliphatic carbocycles. The summed E-state index contributed by atoms with van der Waals surface area (Å²) in [5.41, 5.74) is 1.80. The van der Waals surface area contributed by atoms with Crippen molar-refractivity contribution in [2.75, 3.05) is 25.5 Å². The van der Waals surface area contributed by atoms with Crippen molar-refractivity contribution >= 4 is 11.7 Å². The Bertz CT molecular complexity index is 656. The number of hydrogen-bond acceptors (Lipinski definition) is 4. The first kappa shape index (κ1) is 18.8. The van der Waals surface area contributed by atoms with E-state index in [1.54, 1.807) is 19.4 Å². The Balaban J connectivity index is 1.76. The molecule has 2 rings (SSSR count). The van der Waals surface area contributed by atoms with E-state index in [4.69, 9.17) is 4.74 Å². The second kappa shape index (κ2) is 10.3.